The van der Waals surface area contributed by atoms with Gasteiger partial charge in [0.15, 0.2) is 5.96 Å². The number of aliphatic hydroxyl groups is 1. The number of rotatable bonds is 8. The molecule has 7 nitrogen and oxygen atoms in total. The van der Waals surface area contributed by atoms with Crippen molar-refractivity contribution in [2.75, 3.05) is 19.6 Å². The minimum absolute atomic E-state index is 0. The predicted molar refractivity (Wildman–Crippen MR) is 114 cm³/mol. The number of hydrogen-bond donors (Lipinski definition) is 3. The second-order valence-electron chi connectivity index (χ2n) is 6.87. The van der Waals surface area contributed by atoms with Crippen molar-refractivity contribution >= 4 is 29.9 Å². The number of aryl methyl sites for hydroxylation is 1. The van der Waals surface area contributed by atoms with Crippen LogP contribution < -0.4 is 10.6 Å². The van der Waals surface area contributed by atoms with Crippen LogP contribution in [0.5, 0.6) is 0 Å². The highest BCUT2D eigenvalue weighted by molar-refractivity contribution is 14.0. The van der Waals surface area contributed by atoms with E-state index in [0.717, 1.165) is 24.3 Å². The lowest BCUT2D eigenvalue weighted by Crippen LogP contribution is -2.41. The van der Waals surface area contributed by atoms with Gasteiger partial charge >= 0.3 is 0 Å². The molecule has 8 heteroatoms. The lowest BCUT2D eigenvalue weighted by molar-refractivity contribution is 0.0671. The van der Waals surface area contributed by atoms with Gasteiger partial charge in [0.1, 0.15) is 11.4 Å². The van der Waals surface area contributed by atoms with Crippen LogP contribution in [0.2, 0.25) is 0 Å². The molecule has 0 saturated carbocycles. The molecule has 2 heterocycles. The highest BCUT2D eigenvalue weighted by Gasteiger charge is 2.24. The summed E-state index contributed by atoms with van der Waals surface area (Å²) in [5.74, 6) is 2.11. The van der Waals surface area contributed by atoms with E-state index in [9.17, 15) is 5.11 Å². The van der Waals surface area contributed by atoms with E-state index in [0.29, 0.717) is 18.4 Å². The van der Waals surface area contributed by atoms with E-state index in [1.807, 2.05) is 19.2 Å². The molecule has 146 valence electrons. The zero-order chi connectivity index (χ0) is 18.3. The first kappa shape index (κ1) is 22.5. The van der Waals surface area contributed by atoms with Crippen LogP contribution in [0, 0.1) is 5.92 Å². The Hall–Kier alpha value is -1.55. The molecule has 0 aromatic carbocycles. The maximum Gasteiger partial charge on any atom is 0.191 e. The third kappa shape index (κ3) is 7.36. The summed E-state index contributed by atoms with van der Waals surface area (Å²) >= 11 is 0. The average Bonchev–Trinajstić information content (AvgIpc) is 3.21. The number of nitrogens with zero attached hydrogens (tertiary/aromatic N) is 3. The predicted octanol–water partition coefficient (Wildman–Crippen LogP) is 2.27. The standard InChI is InChI=1S/C18H29N5O2.HI/c1-14(2)10-20-17(19-8-7-16-6-5-9-25-16)21-13-18(3,24)15-11-22-23(4)12-15;/h5-6,9,11-12,14,24H,7-8,10,13H2,1-4H3,(H2,19,20,21);1H. The van der Waals surface area contributed by atoms with Crippen LogP contribution in [0.1, 0.15) is 32.1 Å². The average molecular weight is 475 g/mol. The molecular formula is C18H30IN5O2. The van der Waals surface area contributed by atoms with Crippen molar-refractivity contribution < 1.29 is 9.52 Å². The second kappa shape index (κ2) is 10.6. The number of furan rings is 1. The van der Waals surface area contributed by atoms with Gasteiger partial charge < -0.3 is 20.2 Å². The van der Waals surface area contributed by atoms with E-state index in [1.54, 1.807) is 30.3 Å². The molecule has 0 aliphatic heterocycles. The first-order valence-electron chi connectivity index (χ1n) is 8.63. The molecular weight excluding hydrogens is 445 g/mol. The molecule has 3 N–H and O–H groups in total. The quantitative estimate of drug-likeness (QED) is 0.310. The van der Waals surface area contributed by atoms with Gasteiger partial charge in [-0.3, -0.25) is 4.68 Å². The number of nitrogens with one attached hydrogen (secondary N) is 2. The fraction of sp³-hybridized carbons (Fsp3) is 0.556. The van der Waals surface area contributed by atoms with Crippen LogP contribution in [-0.2, 0) is 19.1 Å². The Bertz CT molecular complexity index is 665. The zero-order valence-electron chi connectivity index (χ0n) is 15.9. The van der Waals surface area contributed by atoms with E-state index < -0.39 is 5.60 Å². The molecule has 1 atom stereocenters. The van der Waals surface area contributed by atoms with Crippen molar-refractivity contribution in [1.29, 1.82) is 0 Å². The molecule has 1 unspecified atom stereocenters. The van der Waals surface area contributed by atoms with E-state index >= 15 is 0 Å². The largest absolute Gasteiger partial charge is 0.469 e. The minimum Gasteiger partial charge on any atom is -0.469 e. The second-order valence-corrected chi connectivity index (χ2v) is 6.87. The normalized spacial score (nSPS) is 14.0. The molecule has 0 aliphatic carbocycles. The summed E-state index contributed by atoms with van der Waals surface area (Å²) in [6.45, 7) is 7.77. The van der Waals surface area contributed by atoms with Crippen molar-refractivity contribution in [2.24, 2.45) is 18.0 Å². The van der Waals surface area contributed by atoms with Gasteiger partial charge in [-0.05, 0) is 25.0 Å². The van der Waals surface area contributed by atoms with Crippen LogP contribution in [0.4, 0.5) is 0 Å². The molecule has 2 rings (SSSR count). The Kier molecular flexibility index (Phi) is 9.14. The summed E-state index contributed by atoms with van der Waals surface area (Å²) in [6, 6.07) is 3.83. The van der Waals surface area contributed by atoms with Crippen molar-refractivity contribution in [2.45, 2.75) is 32.8 Å². The highest BCUT2D eigenvalue weighted by atomic mass is 127. The molecule has 0 spiro atoms. The number of aliphatic imine (C=N–C) groups is 1. The number of hydrogen-bond acceptors (Lipinski definition) is 4. The van der Waals surface area contributed by atoms with Crippen LogP contribution in [0.25, 0.3) is 0 Å². The lowest BCUT2D eigenvalue weighted by atomic mass is 10.0. The lowest BCUT2D eigenvalue weighted by Gasteiger charge is -2.21. The van der Waals surface area contributed by atoms with Gasteiger partial charge in [-0.15, -0.1) is 24.0 Å². The van der Waals surface area contributed by atoms with Gasteiger partial charge in [0.25, 0.3) is 0 Å². The fourth-order valence-corrected chi connectivity index (χ4v) is 2.26. The molecule has 2 aromatic heterocycles. The van der Waals surface area contributed by atoms with Crippen molar-refractivity contribution in [3.63, 3.8) is 0 Å². The first-order valence-corrected chi connectivity index (χ1v) is 8.63. The Labute approximate surface area is 172 Å². The Morgan fingerprint density at radius 1 is 1.42 bits per heavy atom. The van der Waals surface area contributed by atoms with Crippen molar-refractivity contribution in [3.05, 3.63) is 42.1 Å². The molecule has 26 heavy (non-hydrogen) atoms. The molecule has 0 aliphatic rings. The summed E-state index contributed by atoms with van der Waals surface area (Å²) < 4.78 is 7.01. The van der Waals surface area contributed by atoms with E-state index in [1.165, 1.54) is 0 Å². The molecule has 0 saturated heterocycles. The van der Waals surface area contributed by atoms with Crippen LogP contribution in [0.3, 0.4) is 0 Å². The number of guanidine groups is 1. The third-order valence-electron chi connectivity index (χ3n) is 3.79. The molecule has 0 amide bonds. The Morgan fingerprint density at radius 2 is 2.19 bits per heavy atom. The minimum atomic E-state index is -1.07. The maximum atomic E-state index is 10.7. The Balaban J connectivity index is 0.00000338. The molecule has 0 fully saturated rings. The summed E-state index contributed by atoms with van der Waals surface area (Å²) in [4.78, 5) is 4.55. The van der Waals surface area contributed by atoms with E-state index in [2.05, 4.69) is 34.6 Å². The van der Waals surface area contributed by atoms with Crippen LogP contribution in [-0.4, -0.2) is 40.5 Å². The van der Waals surface area contributed by atoms with Gasteiger partial charge in [0, 0.05) is 38.3 Å². The smallest absolute Gasteiger partial charge is 0.191 e. The summed E-state index contributed by atoms with van der Waals surface area (Å²) in [6.07, 6.45) is 5.92. The van der Waals surface area contributed by atoms with Gasteiger partial charge in [0.2, 0.25) is 0 Å². The molecule has 2 aromatic rings. The SMILES string of the molecule is CC(C)CNC(=NCC(C)(O)c1cnn(C)c1)NCCc1ccco1.I. The van der Waals surface area contributed by atoms with Gasteiger partial charge in [-0.2, -0.15) is 5.10 Å². The third-order valence-corrected chi connectivity index (χ3v) is 3.79. The summed E-state index contributed by atoms with van der Waals surface area (Å²) in [5.41, 5.74) is -0.320. The first-order chi connectivity index (χ1) is 11.9. The van der Waals surface area contributed by atoms with Gasteiger partial charge in [-0.25, -0.2) is 4.99 Å². The van der Waals surface area contributed by atoms with E-state index in [4.69, 9.17) is 4.42 Å². The monoisotopic (exact) mass is 475 g/mol. The Morgan fingerprint density at radius 3 is 2.77 bits per heavy atom. The van der Waals surface area contributed by atoms with Crippen molar-refractivity contribution in [1.82, 2.24) is 20.4 Å². The van der Waals surface area contributed by atoms with Crippen LogP contribution in [0.15, 0.2) is 40.2 Å². The van der Waals surface area contributed by atoms with Crippen molar-refractivity contribution in [3.8, 4) is 0 Å². The highest BCUT2D eigenvalue weighted by Crippen LogP contribution is 2.19. The molecule has 0 bridgehead atoms. The summed E-state index contributed by atoms with van der Waals surface area (Å²) in [7, 11) is 1.83. The van der Waals surface area contributed by atoms with E-state index in [-0.39, 0.29) is 30.5 Å². The number of halogens is 1. The van der Waals surface area contributed by atoms with Gasteiger partial charge in [0.05, 0.1) is 19.0 Å². The molecule has 0 radical (unpaired) electrons. The summed E-state index contributed by atoms with van der Waals surface area (Å²) in [5, 5.41) is 21.4. The fourth-order valence-electron chi connectivity index (χ4n) is 2.26. The maximum absolute atomic E-state index is 10.7. The zero-order valence-corrected chi connectivity index (χ0v) is 18.2. The van der Waals surface area contributed by atoms with Gasteiger partial charge in [-0.1, -0.05) is 13.8 Å². The topological polar surface area (TPSA) is 87.6 Å². The number of aromatic nitrogens is 2. The van der Waals surface area contributed by atoms with Crippen LogP contribution >= 0.6 is 24.0 Å².